The first-order valence-electron chi connectivity index (χ1n) is 3.42. The van der Waals surface area contributed by atoms with Crippen LogP contribution < -0.4 is 0 Å². The lowest BCUT2D eigenvalue weighted by molar-refractivity contribution is 0.532. The van der Waals surface area contributed by atoms with Gasteiger partial charge in [0.2, 0.25) is 0 Å². The minimum absolute atomic E-state index is 0.845. The van der Waals surface area contributed by atoms with E-state index in [1.807, 2.05) is 6.08 Å². The van der Waals surface area contributed by atoms with Gasteiger partial charge in [-0.2, -0.15) is 0 Å². The second kappa shape index (κ2) is 4.89. The van der Waals surface area contributed by atoms with Gasteiger partial charge in [-0.1, -0.05) is 32.8 Å². The summed E-state index contributed by atoms with van der Waals surface area (Å²) < 4.78 is 0. The van der Waals surface area contributed by atoms with Gasteiger partial charge in [-0.15, -0.1) is 6.58 Å². The number of allylic oxidation sites excluding steroid dienone is 1. The number of hydrogen-bond acceptors (Lipinski definition) is 0. The summed E-state index contributed by atoms with van der Waals surface area (Å²) in [6.07, 6.45) is 5.81. The van der Waals surface area contributed by atoms with Gasteiger partial charge in [0.15, 0.2) is 0 Å². The van der Waals surface area contributed by atoms with Gasteiger partial charge < -0.3 is 0 Å². The molecule has 0 aromatic heterocycles. The van der Waals surface area contributed by atoms with E-state index in [2.05, 4.69) is 20.4 Å². The van der Waals surface area contributed by atoms with E-state index in [9.17, 15) is 0 Å². The molecule has 0 aromatic rings. The van der Waals surface area contributed by atoms with Gasteiger partial charge in [-0.05, 0) is 12.3 Å². The maximum atomic E-state index is 3.68. The summed E-state index contributed by atoms with van der Waals surface area (Å²) >= 11 is 0. The fourth-order valence-corrected chi connectivity index (χ4v) is 0.895. The van der Waals surface area contributed by atoms with Crippen molar-refractivity contribution in [3.8, 4) is 0 Å². The highest BCUT2D eigenvalue weighted by Crippen LogP contribution is 2.08. The average Bonchev–Trinajstić information content (AvgIpc) is 1.68. The van der Waals surface area contributed by atoms with E-state index < -0.39 is 0 Å². The average molecular weight is 112 g/mol. The number of hydrogen-bond donors (Lipinski definition) is 0. The Bertz CT molecular complexity index is 55.1. The predicted molar refractivity (Wildman–Crippen MR) is 38.9 cm³/mol. The highest BCUT2D eigenvalue weighted by molar-refractivity contribution is 4.69. The van der Waals surface area contributed by atoms with Crippen LogP contribution in [0.2, 0.25) is 0 Å². The van der Waals surface area contributed by atoms with Crippen molar-refractivity contribution >= 4 is 0 Å². The fraction of sp³-hybridized carbons (Fsp3) is 0.750. The summed E-state index contributed by atoms with van der Waals surface area (Å²) in [6, 6.07) is 0. The standard InChI is InChI=1S/C8H16/c1-4-6-8(3)7-5-2/h4,8H,1,5-7H2,2-3H3/t8-/m1/s1. The third-order valence-electron chi connectivity index (χ3n) is 1.35. The van der Waals surface area contributed by atoms with Crippen LogP contribution in [-0.2, 0) is 0 Å². The highest BCUT2D eigenvalue weighted by Gasteiger charge is 1.94. The molecule has 0 aromatic carbocycles. The summed E-state index contributed by atoms with van der Waals surface area (Å²) in [4.78, 5) is 0. The number of rotatable bonds is 4. The molecule has 0 bridgehead atoms. The molecule has 0 aliphatic carbocycles. The molecule has 0 unspecified atom stereocenters. The molecular formula is C8H16. The molecule has 0 spiro atoms. The quantitative estimate of drug-likeness (QED) is 0.490. The molecule has 48 valence electrons. The van der Waals surface area contributed by atoms with Crippen LogP contribution >= 0.6 is 0 Å². The van der Waals surface area contributed by atoms with Crippen molar-refractivity contribution in [2.45, 2.75) is 33.1 Å². The van der Waals surface area contributed by atoms with Crippen LogP contribution in [0.5, 0.6) is 0 Å². The molecule has 0 saturated heterocycles. The first-order chi connectivity index (χ1) is 3.81. The zero-order valence-electron chi connectivity index (χ0n) is 5.98. The van der Waals surface area contributed by atoms with E-state index in [4.69, 9.17) is 0 Å². The Morgan fingerprint density at radius 2 is 2.25 bits per heavy atom. The second-order valence-electron chi connectivity index (χ2n) is 2.42. The third kappa shape index (κ3) is 3.91. The first-order valence-corrected chi connectivity index (χ1v) is 3.42. The van der Waals surface area contributed by atoms with E-state index in [-0.39, 0.29) is 0 Å². The van der Waals surface area contributed by atoms with Gasteiger partial charge in [-0.25, -0.2) is 0 Å². The molecule has 0 nitrogen and oxygen atoms in total. The first kappa shape index (κ1) is 7.74. The van der Waals surface area contributed by atoms with Crippen LogP contribution in [0.1, 0.15) is 33.1 Å². The Hall–Kier alpha value is -0.260. The van der Waals surface area contributed by atoms with E-state index in [0.29, 0.717) is 0 Å². The van der Waals surface area contributed by atoms with Crippen molar-refractivity contribution in [1.82, 2.24) is 0 Å². The molecule has 1 atom stereocenters. The minimum Gasteiger partial charge on any atom is -0.103 e. The molecule has 0 N–H and O–H groups in total. The van der Waals surface area contributed by atoms with Crippen molar-refractivity contribution in [3.05, 3.63) is 12.7 Å². The van der Waals surface area contributed by atoms with Crippen molar-refractivity contribution in [2.75, 3.05) is 0 Å². The zero-order chi connectivity index (χ0) is 6.41. The summed E-state index contributed by atoms with van der Waals surface area (Å²) in [5.74, 6) is 0.845. The van der Waals surface area contributed by atoms with E-state index in [1.165, 1.54) is 19.3 Å². The Kier molecular flexibility index (Phi) is 4.73. The van der Waals surface area contributed by atoms with Crippen LogP contribution in [0, 0.1) is 5.92 Å². The topological polar surface area (TPSA) is 0 Å². The van der Waals surface area contributed by atoms with Gasteiger partial charge in [0.1, 0.15) is 0 Å². The Morgan fingerprint density at radius 3 is 2.62 bits per heavy atom. The molecular weight excluding hydrogens is 96.1 g/mol. The Labute approximate surface area is 52.6 Å². The maximum absolute atomic E-state index is 3.68. The van der Waals surface area contributed by atoms with Gasteiger partial charge in [-0.3, -0.25) is 0 Å². The molecule has 0 amide bonds. The molecule has 0 saturated carbocycles. The third-order valence-corrected chi connectivity index (χ3v) is 1.35. The molecule has 0 fully saturated rings. The SMILES string of the molecule is C=CC[C@@H](C)CCC. The largest absolute Gasteiger partial charge is 0.103 e. The highest BCUT2D eigenvalue weighted by atomic mass is 14.0. The van der Waals surface area contributed by atoms with Gasteiger partial charge >= 0.3 is 0 Å². The smallest absolute Gasteiger partial charge is 0.0328 e. The summed E-state index contributed by atoms with van der Waals surface area (Å²) in [5, 5.41) is 0. The fourth-order valence-electron chi connectivity index (χ4n) is 0.895. The van der Waals surface area contributed by atoms with E-state index >= 15 is 0 Å². The van der Waals surface area contributed by atoms with Crippen LogP contribution in [0.15, 0.2) is 12.7 Å². The molecule has 0 aliphatic heterocycles. The second-order valence-corrected chi connectivity index (χ2v) is 2.42. The van der Waals surface area contributed by atoms with Crippen molar-refractivity contribution < 1.29 is 0 Å². The zero-order valence-corrected chi connectivity index (χ0v) is 5.98. The van der Waals surface area contributed by atoms with Gasteiger partial charge in [0.25, 0.3) is 0 Å². The molecule has 0 heterocycles. The predicted octanol–water partition coefficient (Wildman–Crippen LogP) is 3.00. The van der Waals surface area contributed by atoms with E-state index in [1.54, 1.807) is 0 Å². The van der Waals surface area contributed by atoms with Crippen LogP contribution in [0.3, 0.4) is 0 Å². The van der Waals surface area contributed by atoms with Gasteiger partial charge in [0, 0.05) is 0 Å². The van der Waals surface area contributed by atoms with Crippen LogP contribution in [0.25, 0.3) is 0 Å². The Morgan fingerprint density at radius 1 is 1.62 bits per heavy atom. The van der Waals surface area contributed by atoms with Crippen LogP contribution in [0.4, 0.5) is 0 Å². The summed E-state index contributed by atoms with van der Waals surface area (Å²) in [7, 11) is 0. The lowest BCUT2D eigenvalue weighted by Gasteiger charge is -2.03. The van der Waals surface area contributed by atoms with Crippen molar-refractivity contribution in [3.63, 3.8) is 0 Å². The summed E-state index contributed by atoms with van der Waals surface area (Å²) in [6.45, 7) is 8.17. The molecule has 0 aliphatic rings. The molecule has 0 rings (SSSR count). The van der Waals surface area contributed by atoms with Gasteiger partial charge in [0.05, 0.1) is 0 Å². The normalized spacial score (nSPS) is 13.2. The molecule has 8 heavy (non-hydrogen) atoms. The van der Waals surface area contributed by atoms with Crippen molar-refractivity contribution in [2.24, 2.45) is 5.92 Å². The maximum Gasteiger partial charge on any atom is -0.0328 e. The van der Waals surface area contributed by atoms with Crippen molar-refractivity contribution in [1.29, 1.82) is 0 Å². The monoisotopic (exact) mass is 112 g/mol. The Balaban J connectivity index is 3.03. The molecule has 0 radical (unpaired) electrons. The minimum atomic E-state index is 0.845. The van der Waals surface area contributed by atoms with Crippen LogP contribution in [-0.4, -0.2) is 0 Å². The summed E-state index contributed by atoms with van der Waals surface area (Å²) in [5.41, 5.74) is 0. The lowest BCUT2D eigenvalue weighted by atomic mass is 10.0. The van der Waals surface area contributed by atoms with E-state index in [0.717, 1.165) is 5.92 Å². The molecule has 0 heteroatoms. The lowest BCUT2D eigenvalue weighted by Crippen LogP contribution is -1.89.